The van der Waals surface area contributed by atoms with E-state index in [1.807, 2.05) is 0 Å². The van der Waals surface area contributed by atoms with Gasteiger partial charge in [0.1, 0.15) is 0 Å². The summed E-state index contributed by atoms with van der Waals surface area (Å²) in [6.07, 6.45) is 10.0. The van der Waals surface area contributed by atoms with Crippen LogP contribution in [0.5, 0.6) is 0 Å². The molecule has 1 nitrogen and oxygen atoms in total. The molecule has 0 aliphatic heterocycles. The van der Waals surface area contributed by atoms with Crippen LogP contribution in [-0.4, -0.2) is 12.6 Å². The highest BCUT2D eigenvalue weighted by Gasteiger charge is 2.32. The third-order valence-electron chi connectivity index (χ3n) is 5.62. The molecule has 2 aliphatic rings. The van der Waals surface area contributed by atoms with Crippen LogP contribution in [-0.2, 0) is 0 Å². The van der Waals surface area contributed by atoms with E-state index in [2.05, 4.69) is 33.0 Å². The van der Waals surface area contributed by atoms with Gasteiger partial charge < -0.3 is 5.32 Å². The number of hydrogen-bond acceptors (Lipinski definition) is 1. The lowest BCUT2D eigenvalue weighted by Gasteiger charge is -2.41. The lowest BCUT2D eigenvalue weighted by atomic mass is 9.70. The van der Waals surface area contributed by atoms with Crippen LogP contribution >= 0.6 is 0 Å². The molecule has 0 spiro atoms. The molecule has 0 amide bonds. The monoisotopic (exact) mass is 251 g/mol. The Hall–Kier alpha value is -0.0400. The SMILES string of the molecule is CC1CCCCC1CNC1CCC(C)(C)CC1C. The van der Waals surface area contributed by atoms with E-state index in [0.717, 1.165) is 23.8 Å². The fraction of sp³-hybridized carbons (Fsp3) is 1.00. The summed E-state index contributed by atoms with van der Waals surface area (Å²) in [4.78, 5) is 0. The fourth-order valence-electron chi connectivity index (χ4n) is 4.25. The van der Waals surface area contributed by atoms with Crippen molar-refractivity contribution in [3.63, 3.8) is 0 Å². The van der Waals surface area contributed by atoms with Gasteiger partial charge in [-0.1, -0.05) is 47.0 Å². The summed E-state index contributed by atoms with van der Waals surface area (Å²) in [5.74, 6) is 2.75. The Bertz CT molecular complexity index is 258. The van der Waals surface area contributed by atoms with Gasteiger partial charge in [-0.05, 0) is 55.4 Å². The fourth-order valence-corrected chi connectivity index (χ4v) is 4.25. The predicted molar refractivity (Wildman–Crippen MR) is 79.7 cm³/mol. The molecule has 0 heterocycles. The van der Waals surface area contributed by atoms with Crippen molar-refractivity contribution >= 4 is 0 Å². The molecule has 2 rings (SSSR count). The summed E-state index contributed by atoms with van der Waals surface area (Å²) in [6.45, 7) is 11.0. The van der Waals surface area contributed by atoms with Crippen LogP contribution in [0, 0.1) is 23.2 Å². The van der Waals surface area contributed by atoms with Gasteiger partial charge in [-0.15, -0.1) is 0 Å². The largest absolute Gasteiger partial charge is 0.313 e. The van der Waals surface area contributed by atoms with Crippen molar-refractivity contribution in [3.05, 3.63) is 0 Å². The summed E-state index contributed by atoms with van der Waals surface area (Å²) < 4.78 is 0. The Kier molecular flexibility index (Phi) is 4.75. The van der Waals surface area contributed by atoms with Crippen LogP contribution in [0.4, 0.5) is 0 Å². The smallest absolute Gasteiger partial charge is 0.00932 e. The molecule has 106 valence electrons. The summed E-state index contributed by atoms with van der Waals surface area (Å²) in [5.41, 5.74) is 0.579. The second-order valence-electron chi connectivity index (χ2n) is 7.92. The van der Waals surface area contributed by atoms with Crippen molar-refractivity contribution in [1.82, 2.24) is 5.32 Å². The minimum absolute atomic E-state index is 0.579. The van der Waals surface area contributed by atoms with Gasteiger partial charge in [0.05, 0.1) is 0 Å². The van der Waals surface area contributed by atoms with E-state index < -0.39 is 0 Å². The first kappa shape index (κ1) is 14.4. The van der Waals surface area contributed by atoms with Crippen molar-refractivity contribution in [2.45, 2.75) is 78.7 Å². The summed E-state index contributed by atoms with van der Waals surface area (Å²) in [6, 6.07) is 0.784. The molecule has 2 aliphatic carbocycles. The van der Waals surface area contributed by atoms with Crippen LogP contribution in [0.2, 0.25) is 0 Å². The second-order valence-corrected chi connectivity index (χ2v) is 7.92. The zero-order chi connectivity index (χ0) is 13.2. The third-order valence-corrected chi connectivity index (χ3v) is 5.62. The maximum Gasteiger partial charge on any atom is 0.00932 e. The molecule has 2 saturated carbocycles. The number of rotatable bonds is 3. The Morgan fingerprint density at radius 3 is 2.39 bits per heavy atom. The molecule has 4 unspecified atom stereocenters. The summed E-state index contributed by atoms with van der Waals surface area (Å²) in [7, 11) is 0. The van der Waals surface area contributed by atoms with E-state index in [1.165, 1.54) is 51.5 Å². The van der Waals surface area contributed by atoms with Crippen molar-refractivity contribution in [2.24, 2.45) is 23.2 Å². The van der Waals surface area contributed by atoms with Crippen LogP contribution in [0.25, 0.3) is 0 Å². The molecule has 1 heteroatoms. The normalized spacial score (nSPS) is 40.7. The molecule has 2 fully saturated rings. The average molecular weight is 251 g/mol. The molecule has 0 aromatic rings. The molecule has 18 heavy (non-hydrogen) atoms. The minimum Gasteiger partial charge on any atom is -0.313 e. The average Bonchev–Trinajstić information content (AvgIpc) is 2.29. The van der Waals surface area contributed by atoms with Crippen molar-refractivity contribution in [1.29, 1.82) is 0 Å². The molecular formula is C17H33N. The van der Waals surface area contributed by atoms with Crippen LogP contribution in [0.1, 0.15) is 72.6 Å². The zero-order valence-corrected chi connectivity index (χ0v) is 13.0. The standard InChI is InChI=1S/C17H33N/c1-13-7-5-6-8-15(13)12-18-16-9-10-17(3,4)11-14(16)2/h13-16,18H,5-12H2,1-4H3. The van der Waals surface area contributed by atoms with E-state index in [9.17, 15) is 0 Å². The third kappa shape index (κ3) is 3.73. The first-order valence-electron chi connectivity index (χ1n) is 8.21. The van der Waals surface area contributed by atoms with Gasteiger partial charge >= 0.3 is 0 Å². The molecule has 0 aromatic carbocycles. The summed E-state index contributed by atoms with van der Waals surface area (Å²) >= 11 is 0. The predicted octanol–water partition coefficient (Wildman–Crippen LogP) is 4.62. The number of nitrogens with one attached hydrogen (secondary N) is 1. The van der Waals surface area contributed by atoms with E-state index in [-0.39, 0.29) is 0 Å². The molecule has 4 atom stereocenters. The van der Waals surface area contributed by atoms with Crippen LogP contribution in [0.15, 0.2) is 0 Å². The maximum atomic E-state index is 3.91. The van der Waals surface area contributed by atoms with E-state index in [4.69, 9.17) is 0 Å². The summed E-state index contributed by atoms with van der Waals surface area (Å²) in [5, 5.41) is 3.91. The topological polar surface area (TPSA) is 12.0 Å². The van der Waals surface area contributed by atoms with Crippen LogP contribution in [0.3, 0.4) is 0 Å². The van der Waals surface area contributed by atoms with Crippen LogP contribution < -0.4 is 5.32 Å². The first-order chi connectivity index (χ1) is 8.48. The van der Waals surface area contributed by atoms with Gasteiger partial charge in [0.25, 0.3) is 0 Å². The highest BCUT2D eigenvalue weighted by atomic mass is 14.9. The van der Waals surface area contributed by atoms with Gasteiger partial charge in [0.15, 0.2) is 0 Å². The Morgan fingerprint density at radius 1 is 1.00 bits per heavy atom. The molecule has 0 saturated heterocycles. The Balaban J connectivity index is 1.76. The molecule has 0 bridgehead atoms. The van der Waals surface area contributed by atoms with E-state index in [0.29, 0.717) is 5.41 Å². The molecule has 0 radical (unpaired) electrons. The van der Waals surface area contributed by atoms with Crippen molar-refractivity contribution in [2.75, 3.05) is 6.54 Å². The van der Waals surface area contributed by atoms with Gasteiger partial charge in [0, 0.05) is 6.04 Å². The highest BCUT2D eigenvalue weighted by Crippen LogP contribution is 2.38. The Labute approximate surface area is 114 Å². The van der Waals surface area contributed by atoms with Gasteiger partial charge in [-0.2, -0.15) is 0 Å². The quantitative estimate of drug-likeness (QED) is 0.772. The van der Waals surface area contributed by atoms with Gasteiger partial charge in [-0.3, -0.25) is 0 Å². The lowest BCUT2D eigenvalue weighted by molar-refractivity contribution is 0.138. The molecule has 0 aromatic heterocycles. The van der Waals surface area contributed by atoms with Crippen molar-refractivity contribution < 1.29 is 0 Å². The van der Waals surface area contributed by atoms with Crippen molar-refractivity contribution in [3.8, 4) is 0 Å². The lowest BCUT2D eigenvalue weighted by Crippen LogP contribution is -2.44. The molecular weight excluding hydrogens is 218 g/mol. The number of hydrogen-bond donors (Lipinski definition) is 1. The Morgan fingerprint density at radius 2 is 1.72 bits per heavy atom. The molecule has 1 N–H and O–H groups in total. The highest BCUT2D eigenvalue weighted by molar-refractivity contribution is 4.87. The van der Waals surface area contributed by atoms with E-state index >= 15 is 0 Å². The zero-order valence-electron chi connectivity index (χ0n) is 13.0. The first-order valence-corrected chi connectivity index (χ1v) is 8.21. The van der Waals surface area contributed by atoms with E-state index in [1.54, 1.807) is 0 Å². The second kappa shape index (κ2) is 5.94. The maximum absolute atomic E-state index is 3.91. The van der Waals surface area contributed by atoms with Gasteiger partial charge in [0.2, 0.25) is 0 Å². The van der Waals surface area contributed by atoms with Gasteiger partial charge in [-0.25, -0.2) is 0 Å². The minimum atomic E-state index is 0.579.